The average Bonchev–Trinajstić information content (AvgIpc) is 2.37. The number of nitrogens with two attached hydrogens (primary N) is 1. The maximum atomic E-state index is 5.97. The molecule has 2 aromatic rings. The van der Waals surface area contributed by atoms with Gasteiger partial charge in [-0.15, -0.1) is 0 Å². The molecule has 0 aliphatic heterocycles. The van der Waals surface area contributed by atoms with E-state index in [1.165, 1.54) is 0 Å². The Labute approximate surface area is 127 Å². The van der Waals surface area contributed by atoms with Crippen molar-refractivity contribution in [3.63, 3.8) is 0 Å². The lowest BCUT2D eigenvalue weighted by atomic mass is 10.3. The number of nitrogens with one attached hydrogen (secondary N) is 2. The number of anilines is 3. The summed E-state index contributed by atoms with van der Waals surface area (Å²) in [5.41, 5.74) is 3.29. The lowest BCUT2D eigenvalue weighted by Crippen LogP contribution is -2.11. The van der Waals surface area contributed by atoms with Crippen molar-refractivity contribution in [1.82, 2.24) is 9.97 Å². The van der Waals surface area contributed by atoms with Crippen LogP contribution in [0.5, 0.6) is 0 Å². The van der Waals surface area contributed by atoms with Crippen LogP contribution in [0.15, 0.2) is 24.3 Å². The number of nitrogen functional groups attached to an aromatic ring is 1. The summed E-state index contributed by atoms with van der Waals surface area (Å²) in [6, 6.07) is 6.92. The first-order valence-electron chi connectivity index (χ1n) is 6.18. The lowest BCUT2D eigenvalue weighted by Gasteiger charge is -2.10. The monoisotopic (exact) mass is 311 g/mol. The lowest BCUT2D eigenvalue weighted by molar-refractivity contribution is 0.837. The summed E-state index contributed by atoms with van der Waals surface area (Å²) in [5.74, 6) is 7.32. The van der Waals surface area contributed by atoms with E-state index in [1.54, 1.807) is 24.3 Å². The van der Waals surface area contributed by atoms with Gasteiger partial charge in [-0.3, -0.25) is 0 Å². The molecule has 0 aliphatic carbocycles. The van der Waals surface area contributed by atoms with Gasteiger partial charge in [-0.1, -0.05) is 30.1 Å². The van der Waals surface area contributed by atoms with E-state index in [1.807, 2.05) is 0 Å². The van der Waals surface area contributed by atoms with Crippen molar-refractivity contribution < 1.29 is 0 Å². The Kier molecular flexibility index (Phi) is 5.00. The van der Waals surface area contributed by atoms with Gasteiger partial charge >= 0.3 is 0 Å². The zero-order valence-electron chi connectivity index (χ0n) is 11.0. The fraction of sp³-hybridized carbons (Fsp3) is 0.231. The first-order chi connectivity index (χ1) is 9.60. The molecule has 0 fully saturated rings. The van der Waals surface area contributed by atoms with Crippen LogP contribution in [0.25, 0.3) is 0 Å². The third-order valence-corrected chi connectivity index (χ3v) is 2.97. The minimum Gasteiger partial charge on any atom is -0.340 e. The van der Waals surface area contributed by atoms with Crippen molar-refractivity contribution >= 4 is 40.5 Å². The molecule has 0 saturated heterocycles. The highest BCUT2D eigenvalue weighted by Crippen LogP contribution is 2.25. The summed E-state index contributed by atoms with van der Waals surface area (Å²) in [6.07, 6.45) is 1.73. The third kappa shape index (κ3) is 3.96. The van der Waals surface area contributed by atoms with Crippen molar-refractivity contribution in [2.24, 2.45) is 5.84 Å². The first kappa shape index (κ1) is 14.8. The van der Waals surface area contributed by atoms with E-state index in [-0.39, 0.29) is 0 Å². The van der Waals surface area contributed by atoms with E-state index in [4.69, 9.17) is 29.0 Å². The molecule has 5 nitrogen and oxygen atoms in total. The molecule has 0 aliphatic rings. The van der Waals surface area contributed by atoms with Crippen molar-refractivity contribution in [1.29, 1.82) is 0 Å². The van der Waals surface area contributed by atoms with E-state index < -0.39 is 0 Å². The van der Waals surface area contributed by atoms with E-state index in [0.717, 1.165) is 24.4 Å². The van der Waals surface area contributed by atoms with E-state index in [0.29, 0.717) is 21.7 Å². The van der Waals surface area contributed by atoms with Gasteiger partial charge in [0.15, 0.2) is 0 Å². The quantitative estimate of drug-likeness (QED) is 0.579. The van der Waals surface area contributed by atoms with Gasteiger partial charge in [-0.2, -0.15) is 0 Å². The summed E-state index contributed by atoms with van der Waals surface area (Å²) >= 11 is 11.9. The molecular formula is C13H15Cl2N5. The largest absolute Gasteiger partial charge is 0.340 e. The zero-order valence-corrected chi connectivity index (χ0v) is 12.5. The van der Waals surface area contributed by atoms with Gasteiger partial charge in [0.25, 0.3) is 0 Å². The maximum absolute atomic E-state index is 5.97. The molecule has 1 heterocycles. The minimum atomic E-state index is 0.555. The van der Waals surface area contributed by atoms with Crippen molar-refractivity contribution in [3.8, 4) is 0 Å². The average molecular weight is 312 g/mol. The fourth-order valence-electron chi connectivity index (χ4n) is 1.74. The highest BCUT2D eigenvalue weighted by Gasteiger charge is 2.05. The molecule has 0 amide bonds. The van der Waals surface area contributed by atoms with Gasteiger partial charge in [0, 0.05) is 28.2 Å². The second-order valence-electron chi connectivity index (χ2n) is 4.23. The molecule has 2 rings (SSSR count). The van der Waals surface area contributed by atoms with E-state index >= 15 is 0 Å². The highest BCUT2D eigenvalue weighted by atomic mass is 35.5. The Hall–Kier alpha value is -1.56. The SMILES string of the molecule is CCCc1nc(NN)cc(Nc2cc(Cl)cc(Cl)c2)n1. The molecule has 0 unspecified atom stereocenters. The Morgan fingerprint density at radius 3 is 2.30 bits per heavy atom. The molecule has 7 heteroatoms. The summed E-state index contributed by atoms with van der Waals surface area (Å²) in [6.45, 7) is 2.07. The topological polar surface area (TPSA) is 75.9 Å². The van der Waals surface area contributed by atoms with Gasteiger partial charge in [-0.05, 0) is 24.6 Å². The number of hydrazine groups is 1. The molecular weight excluding hydrogens is 297 g/mol. The number of halogens is 2. The number of hydrogen-bond acceptors (Lipinski definition) is 5. The van der Waals surface area contributed by atoms with Crippen LogP contribution in [-0.4, -0.2) is 9.97 Å². The van der Waals surface area contributed by atoms with Gasteiger partial charge in [-0.25, -0.2) is 15.8 Å². The van der Waals surface area contributed by atoms with Gasteiger partial charge in [0.05, 0.1) is 0 Å². The molecule has 1 aromatic heterocycles. The van der Waals surface area contributed by atoms with Crippen LogP contribution in [0.3, 0.4) is 0 Å². The predicted octanol–water partition coefficient (Wildman–Crippen LogP) is 3.77. The zero-order chi connectivity index (χ0) is 14.5. The van der Waals surface area contributed by atoms with Gasteiger partial charge in [0.2, 0.25) is 0 Å². The van der Waals surface area contributed by atoms with Crippen molar-refractivity contribution in [2.45, 2.75) is 19.8 Å². The van der Waals surface area contributed by atoms with Crippen LogP contribution in [0, 0.1) is 0 Å². The number of benzene rings is 1. The normalized spacial score (nSPS) is 10.4. The standard InChI is InChI=1S/C13H15Cl2N5/c1-2-3-11-18-12(7-13(19-11)20-16)17-10-5-8(14)4-9(15)6-10/h4-7H,2-3,16H2,1H3,(H2,17,18,19,20). The smallest absolute Gasteiger partial charge is 0.145 e. The van der Waals surface area contributed by atoms with Crippen LogP contribution in [0.4, 0.5) is 17.3 Å². The third-order valence-electron chi connectivity index (χ3n) is 2.53. The Morgan fingerprint density at radius 1 is 1.05 bits per heavy atom. The number of rotatable bonds is 5. The van der Waals surface area contributed by atoms with Gasteiger partial charge < -0.3 is 10.7 Å². The van der Waals surface area contributed by atoms with Crippen LogP contribution < -0.4 is 16.6 Å². The molecule has 106 valence electrons. The second-order valence-corrected chi connectivity index (χ2v) is 5.10. The predicted molar refractivity (Wildman–Crippen MR) is 83.6 cm³/mol. The molecule has 0 saturated carbocycles. The number of aromatic nitrogens is 2. The molecule has 0 spiro atoms. The van der Waals surface area contributed by atoms with E-state index in [2.05, 4.69) is 27.6 Å². The molecule has 20 heavy (non-hydrogen) atoms. The van der Waals surface area contributed by atoms with Crippen LogP contribution in [0.1, 0.15) is 19.2 Å². The van der Waals surface area contributed by atoms with Gasteiger partial charge in [0.1, 0.15) is 17.5 Å². The van der Waals surface area contributed by atoms with Crippen molar-refractivity contribution in [2.75, 3.05) is 10.7 Å². The number of hydrogen-bond donors (Lipinski definition) is 3. The maximum Gasteiger partial charge on any atom is 0.145 e. The second kappa shape index (κ2) is 6.74. The molecule has 0 atom stereocenters. The van der Waals surface area contributed by atoms with Crippen molar-refractivity contribution in [3.05, 3.63) is 40.1 Å². The summed E-state index contributed by atoms with van der Waals surface area (Å²) in [4.78, 5) is 8.70. The number of aryl methyl sites for hydroxylation is 1. The summed E-state index contributed by atoms with van der Waals surface area (Å²) in [5, 5.41) is 4.25. The fourth-order valence-corrected chi connectivity index (χ4v) is 2.27. The Morgan fingerprint density at radius 2 is 1.70 bits per heavy atom. The minimum absolute atomic E-state index is 0.555. The first-order valence-corrected chi connectivity index (χ1v) is 6.94. The molecule has 0 radical (unpaired) electrons. The molecule has 0 bridgehead atoms. The van der Waals surface area contributed by atoms with E-state index in [9.17, 15) is 0 Å². The highest BCUT2D eigenvalue weighted by molar-refractivity contribution is 6.35. The Balaban J connectivity index is 2.29. The summed E-state index contributed by atoms with van der Waals surface area (Å²) in [7, 11) is 0. The summed E-state index contributed by atoms with van der Waals surface area (Å²) < 4.78 is 0. The molecule has 4 N–H and O–H groups in total. The number of nitrogens with zero attached hydrogens (tertiary/aromatic N) is 2. The van der Waals surface area contributed by atoms with Crippen LogP contribution in [0.2, 0.25) is 10.0 Å². The van der Waals surface area contributed by atoms with Crippen LogP contribution >= 0.6 is 23.2 Å². The molecule has 1 aromatic carbocycles. The van der Waals surface area contributed by atoms with Crippen LogP contribution in [-0.2, 0) is 6.42 Å². The Bertz CT molecular complexity index is 583.